The number of rotatable bonds is 4. The summed E-state index contributed by atoms with van der Waals surface area (Å²) in [7, 11) is -1.24. The van der Waals surface area contributed by atoms with Crippen LogP contribution in [0.2, 0.25) is 0 Å². The highest BCUT2D eigenvalue weighted by Crippen LogP contribution is 2.60. The zero-order chi connectivity index (χ0) is 19.1. The number of guanidine groups is 1. The van der Waals surface area contributed by atoms with E-state index in [0.717, 1.165) is 31.8 Å². The Hall–Kier alpha value is -0.860. The summed E-state index contributed by atoms with van der Waals surface area (Å²) in [5.74, 6) is 1.66. The van der Waals surface area contributed by atoms with E-state index >= 15 is 0 Å². The van der Waals surface area contributed by atoms with E-state index in [1.807, 2.05) is 7.05 Å². The van der Waals surface area contributed by atoms with Gasteiger partial charge < -0.3 is 15.4 Å². The second-order valence-corrected chi connectivity index (χ2v) is 10.9. The molecule has 2 aliphatic heterocycles. The average molecular weight is 399 g/mol. The Morgan fingerprint density at radius 3 is 2.52 bits per heavy atom. The summed E-state index contributed by atoms with van der Waals surface area (Å²) in [4.78, 5) is 4.48. The van der Waals surface area contributed by atoms with E-state index < -0.39 is 10.0 Å². The zero-order valence-electron chi connectivity index (χ0n) is 16.6. The first-order chi connectivity index (χ1) is 13.0. The molecule has 4 rings (SSSR count). The van der Waals surface area contributed by atoms with Gasteiger partial charge in [0, 0.05) is 50.2 Å². The van der Waals surface area contributed by atoms with Gasteiger partial charge in [0.1, 0.15) is 0 Å². The highest BCUT2D eigenvalue weighted by Gasteiger charge is 2.65. The number of ether oxygens (including phenoxy) is 1. The predicted molar refractivity (Wildman–Crippen MR) is 106 cm³/mol. The summed E-state index contributed by atoms with van der Waals surface area (Å²) in [6.07, 6.45) is 8.37. The Labute approximate surface area is 163 Å². The number of hydrogen-bond donors (Lipinski definition) is 2. The molecule has 3 atom stereocenters. The molecule has 2 saturated carbocycles. The standard InChI is InChI=1S/C19H34N4O3S/c1-3-27(24,25)23-11-6-14(7-12-23)21-18(20-2)22-16-15-8-13-26-17(15)19(16)9-4-5-10-19/h14-17H,3-13H2,1-2H3,(H2,20,21,22). The van der Waals surface area contributed by atoms with Crippen LogP contribution in [0.5, 0.6) is 0 Å². The molecule has 0 aromatic carbocycles. The van der Waals surface area contributed by atoms with Crippen molar-refractivity contribution < 1.29 is 13.2 Å². The molecular formula is C19H34N4O3S. The van der Waals surface area contributed by atoms with E-state index in [9.17, 15) is 8.42 Å². The number of sulfonamides is 1. The number of piperidine rings is 1. The summed E-state index contributed by atoms with van der Waals surface area (Å²) in [6, 6.07) is 0.731. The van der Waals surface area contributed by atoms with Crippen molar-refractivity contribution in [3.05, 3.63) is 0 Å². The van der Waals surface area contributed by atoms with Crippen molar-refractivity contribution in [2.45, 2.75) is 70.1 Å². The van der Waals surface area contributed by atoms with Gasteiger partial charge in [-0.3, -0.25) is 4.99 Å². The van der Waals surface area contributed by atoms with E-state index in [0.29, 0.717) is 36.6 Å². The third kappa shape index (κ3) is 3.38. The zero-order valence-corrected chi connectivity index (χ0v) is 17.4. The maximum atomic E-state index is 12.0. The highest BCUT2D eigenvalue weighted by molar-refractivity contribution is 7.89. The normalized spacial score (nSPS) is 34.4. The van der Waals surface area contributed by atoms with Crippen molar-refractivity contribution in [3.8, 4) is 0 Å². The van der Waals surface area contributed by atoms with Crippen molar-refractivity contribution in [1.29, 1.82) is 0 Å². The lowest BCUT2D eigenvalue weighted by Gasteiger charge is -2.57. The van der Waals surface area contributed by atoms with Crippen molar-refractivity contribution >= 4 is 16.0 Å². The molecule has 2 heterocycles. The molecule has 8 heteroatoms. The van der Waals surface area contributed by atoms with Crippen LogP contribution in [0, 0.1) is 11.3 Å². The summed E-state index contributed by atoms with van der Waals surface area (Å²) in [5.41, 5.74) is 0.303. The molecule has 154 valence electrons. The van der Waals surface area contributed by atoms with Gasteiger partial charge in [0.2, 0.25) is 10.0 Å². The third-order valence-electron chi connectivity index (χ3n) is 7.35. The molecular weight excluding hydrogens is 364 g/mol. The average Bonchev–Trinajstić information content (AvgIpc) is 3.34. The van der Waals surface area contributed by atoms with Crippen molar-refractivity contribution in [3.63, 3.8) is 0 Å². The van der Waals surface area contributed by atoms with Gasteiger partial charge in [0.15, 0.2) is 5.96 Å². The Balaban J connectivity index is 1.34. The lowest BCUT2D eigenvalue weighted by Crippen LogP contribution is -2.69. The smallest absolute Gasteiger partial charge is 0.213 e. The van der Waals surface area contributed by atoms with Crippen LogP contribution in [-0.4, -0.2) is 69.4 Å². The van der Waals surface area contributed by atoms with Gasteiger partial charge in [-0.1, -0.05) is 12.8 Å². The summed E-state index contributed by atoms with van der Waals surface area (Å²) in [5, 5.41) is 7.29. The lowest BCUT2D eigenvalue weighted by molar-refractivity contribution is -0.125. The maximum Gasteiger partial charge on any atom is 0.213 e. The first kappa shape index (κ1) is 19.5. The minimum atomic E-state index is -3.07. The van der Waals surface area contributed by atoms with Crippen LogP contribution in [0.1, 0.15) is 51.9 Å². The Bertz CT molecular complexity index is 666. The minimum absolute atomic E-state index is 0.183. The van der Waals surface area contributed by atoms with Crippen molar-refractivity contribution in [2.75, 3.05) is 32.5 Å². The van der Waals surface area contributed by atoms with Crippen LogP contribution in [0.15, 0.2) is 4.99 Å². The number of nitrogens with one attached hydrogen (secondary N) is 2. The Morgan fingerprint density at radius 1 is 1.19 bits per heavy atom. The quantitative estimate of drug-likeness (QED) is 0.551. The Morgan fingerprint density at radius 2 is 1.89 bits per heavy atom. The number of fused-ring (bicyclic) bond motifs is 2. The second-order valence-electron chi connectivity index (χ2n) is 8.60. The number of aliphatic imine (C=N–C) groups is 1. The molecule has 2 N–H and O–H groups in total. The van der Waals surface area contributed by atoms with Crippen LogP contribution in [-0.2, 0) is 14.8 Å². The lowest BCUT2D eigenvalue weighted by atomic mass is 9.54. The van der Waals surface area contributed by atoms with E-state index in [1.54, 1.807) is 11.2 Å². The SMILES string of the molecule is CCS(=O)(=O)N1CCC(NC(=NC)NC2C3CCOC3C23CCCC3)CC1. The van der Waals surface area contributed by atoms with E-state index in [1.165, 1.54) is 25.7 Å². The molecule has 27 heavy (non-hydrogen) atoms. The Kier molecular flexibility index (Phi) is 5.42. The van der Waals surface area contributed by atoms with E-state index in [2.05, 4.69) is 15.6 Å². The van der Waals surface area contributed by atoms with Gasteiger partial charge in [-0.15, -0.1) is 0 Å². The topological polar surface area (TPSA) is 83.0 Å². The van der Waals surface area contributed by atoms with Crippen molar-refractivity contribution in [2.24, 2.45) is 16.3 Å². The van der Waals surface area contributed by atoms with Gasteiger partial charge in [-0.25, -0.2) is 12.7 Å². The molecule has 2 aliphatic carbocycles. The summed E-state index contributed by atoms with van der Waals surface area (Å²) < 4.78 is 31.8. The van der Waals surface area contributed by atoms with Crippen LogP contribution in [0.3, 0.4) is 0 Å². The molecule has 0 aromatic rings. The number of hydrogen-bond acceptors (Lipinski definition) is 4. The molecule has 0 amide bonds. The van der Waals surface area contributed by atoms with Gasteiger partial charge >= 0.3 is 0 Å². The van der Waals surface area contributed by atoms with E-state index in [-0.39, 0.29) is 11.8 Å². The molecule has 4 aliphatic rings. The molecule has 0 bridgehead atoms. The number of nitrogens with zero attached hydrogens (tertiary/aromatic N) is 2. The molecule has 7 nitrogen and oxygen atoms in total. The van der Waals surface area contributed by atoms with Crippen LogP contribution < -0.4 is 10.6 Å². The second kappa shape index (κ2) is 7.52. The minimum Gasteiger partial charge on any atom is -0.377 e. The fourth-order valence-corrected chi connectivity index (χ4v) is 7.01. The van der Waals surface area contributed by atoms with Gasteiger partial charge in [0.25, 0.3) is 0 Å². The molecule has 4 fully saturated rings. The maximum absolute atomic E-state index is 12.0. The summed E-state index contributed by atoms with van der Waals surface area (Å²) in [6.45, 7) is 3.79. The monoisotopic (exact) mass is 398 g/mol. The molecule has 0 radical (unpaired) electrons. The highest BCUT2D eigenvalue weighted by atomic mass is 32.2. The largest absolute Gasteiger partial charge is 0.377 e. The van der Waals surface area contributed by atoms with Gasteiger partial charge in [-0.05, 0) is 39.0 Å². The molecule has 2 saturated heterocycles. The molecule has 0 aromatic heterocycles. The van der Waals surface area contributed by atoms with Gasteiger partial charge in [-0.2, -0.15) is 0 Å². The first-order valence-corrected chi connectivity index (χ1v) is 12.2. The van der Waals surface area contributed by atoms with Gasteiger partial charge in [0.05, 0.1) is 11.9 Å². The van der Waals surface area contributed by atoms with Crippen LogP contribution >= 0.6 is 0 Å². The van der Waals surface area contributed by atoms with Crippen molar-refractivity contribution in [1.82, 2.24) is 14.9 Å². The predicted octanol–water partition coefficient (Wildman–Crippen LogP) is 1.31. The first-order valence-electron chi connectivity index (χ1n) is 10.6. The summed E-state index contributed by atoms with van der Waals surface area (Å²) >= 11 is 0. The fraction of sp³-hybridized carbons (Fsp3) is 0.947. The fourth-order valence-electron chi connectivity index (χ4n) is 5.88. The van der Waals surface area contributed by atoms with Crippen LogP contribution in [0.4, 0.5) is 0 Å². The van der Waals surface area contributed by atoms with E-state index in [4.69, 9.17) is 4.74 Å². The van der Waals surface area contributed by atoms with Crippen LogP contribution in [0.25, 0.3) is 0 Å². The molecule has 3 unspecified atom stereocenters. The molecule has 1 spiro atoms. The third-order valence-corrected chi connectivity index (χ3v) is 9.24.